The number of benzene rings is 1. The average molecular weight is 294 g/mol. The summed E-state index contributed by atoms with van der Waals surface area (Å²) in [4.78, 5) is 11.9. The van der Waals surface area contributed by atoms with Crippen LogP contribution in [0.2, 0.25) is 0 Å². The standard InChI is InChI=1S/C14H16F2N4O/c1-2-20-8-12(17)13(19-20)14(21)18-4-3-9-5-10(15)7-11(16)6-9/h5-8H,2-4,17H2,1H3,(H,18,21). The van der Waals surface area contributed by atoms with Gasteiger partial charge in [0, 0.05) is 25.4 Å². The molecule has 0 aliphatic rings. The molecule has 112 valence electrons. The first kappa shape index (κ1) is 15.0. The number of nitrogen functional groups attached to an aromatic ring is 1. The molecule has 1 heterocycles. The molecule has 1 amide bonds. The van der Waals surface area contributed by atoms with E-state index < -0.39 is 17.5 Å². The zero-order chi connectivity index (χ0) is 15.4. The number of amides is 1. The molecule has 1 aromatic carbocycles. The summed E-state index contributed by atoms with van der Waals surface area (Å²) in [5.74, 6) is -1.68. The van der Waals surface area contributed by atoms with Gasteiger partial charge in [0.15, 0.2) is 5.69 Å². The summed E-state index contributed by atoms with van der Waals surface area (Å²) in [5, 5.41) is 6.67. The molecule has 0 aliphatic carbocycles. The lowest BCUT2D eigenvalue weighted by Crippen LogP contribution is -2.27. The summed E-state index contributed by atoms with van der Waals surface area (Å²) in [7, 11) is 0. The number of aryl methyl sites for hydroxylation is 1. The van der Waals surface area contributed by atoms with Crippen molar-refractivity contribution in [3.63, 3.8) is 0 Å². The van der Waals surface area contributed by atoms with Crippen LogP contribution in [0.25, 0.3) is 0 Å². The highest BCUT2D eigenvalue weighted by atomic mass is 19.1. The van der Waals surface area contributed by atoms with Crippen LogP contribution in [0.3, 0.4) is 0 Å². The first-order valence-corrected chi connectivity index (χ1v) is 6.55. The average Bonchev–Trinajstić information content (AvgIpc) is 2.79. The van der Waals surface area contributed by atoms with Crippen molar-refractivity contribution in [1.82, 2.24) is 15.1 Å². The highest BCUT2D eigenvalue weighted by molar-refractivity contribution is 5.96. The molecule has 0 saturated carbocycles. The minimum absolute atomic E-state index is 0.155. The van der Waals surface area contributed by atoms with Gasteiger partial charge in [0.25, 0.3) is 5.91 Å². The summed E-state index contributed by atoms with van der Waals surface area (Å²) in [5.41, 5.74) is 6.62. The molecule has 2 aromatic rings. The summed E-state index contributed by atoms with van der Waals surface area (Å²) >= 11 is 0. The Hall–Kier alpha value is -2.44. The molecule has 0 fully saturated rings. The Kier molecular flexibility index (Phi) is 4.52. The number of carbonyl (C=O) groups excluding carboxylic acids is 1. The maximum Gasteiger partial charge on any atom is 0.273 e. The SMILES string of the molecule is CCn1cc(N)c(C(=O)NCCc2cc(F)cc(F)c2)n1. The molecule has 0 aliphatic heterocycles. The lowest BCUT2D eigenvalue weighted by molar-refractivity contribution is 0.0949. The summed E-state index contributed by atoms with van der Waals surface area (Å²) in [6.07, 6.45) is 1.89. The smallest absolute Gasteiger partial charge is 0.273 e. The lowest BCUT2D eigenvalue weighted by atomic mass is 10.1. The highest BCUT2D eigenvalue weighted by Gasteiger charge is 2.14. The van der Waals surface area contributed by atoms with E-state index in [1.165, 1.54) is 12.1 Å². The zero-order valence-electron chi connectivity index (χ0n) is 11.6. The molecular weight excluding hydrogens is 278 g/mol. The number of rotatable bonds is 5. The quantitative estimate of drug-likeness (QED) is 0.882. The van der Waals surface area contributed by atoms with E-state index in [0.717, 1.165) is 6.07 Å². The van der Waals surface area contributed by atoms with Crippen LogP contribution in [-0.4, -0.2) is 22.2 Å². The van der Waals surface area contributed by atoms with Crippen molar-refractivity contribution in [2.45, 2.75) is 19.9 Å². The van der Waals surface area contributed by atoms with Gasteiger partial charge in [-0.3, -0.25) is 9.48 Å². The second-order valence-electron chi connectivity index (χ2n) is 4.57. The van der Waals surface area contributed by atoms with Crippen LogP contribution < -0.4 is 11.1 Å². The van der Waals surface area contributed by atoms with Crippen LogP contribution in [-0.2, 0) is 13.0 Å². The summed E-state index contributed by atoms with van der Waals surface area (Å²) in [6, 6.07) is 3.27. The molecular formula is C14H16F2N4O. The molecule has 7 heteroatoms. The van der Waals surface area contributed by atoms with Crippen LogP contribution in [0.5, 0.6) is 0 Å². The molecule has 3 N–H and O–H groups in total. The Morgan fingerprint density at radius 3 is 2.57 bits per heavy atom. The van der Waals surface area contributed by atoms with Crippen molar-refractivity contribution < 1.29 is 13.6 Å². The fourth-order valence-corrected chi connectivity index (χ4v) is 1.93. The van der Waals surface area contributed by atoms with E-state index in [-0.39, 0.29) is 12.2 Å². The molecule has 0 spiro atoms. The van der Waals surface area contributed by atoms with Crippen molar-refractivity contribution in [2.75, 3.05) is 12.3 Å². The van der Waals surface area contributed by atoms with E-state index in [9.17, 15) is 13.6 Å². The van der Waals surface area contributed by atoms with Crippen molar-refractivity contribution in [3.05, 3.63) is 47.3 Å². The highest BCUT2D eigenvalue weighted by Crippen LogP contribution is 2.10. The second kappa shape index (κ2) is 6.34. The molecule has 0 atom stereocenters. The first-order chi connectivity index (χ1) is 9.99. The van der Waals surface area contributed by atoms with E-state index in [4.69, 9.17) is 5.73 Å². The molecule has 0 bridgehead atoms. The number of halogens is 2. The van der Waals surface area contributed by atoms with Crippen LogP contribution in [0.1, 0.15) is 23.0 Å². The molecule has 21 heavy (non-hydrogen) atoms. The third-order valence-corrected chi connectivity index (χ3v) is 2.95. The van der Waals surface area contributed by atoms with Gasteiger partial charge in [-0.2, -0.15) is 5.10 Å². The van der Waals surface area contributed by atoms with Gasteiger partial charge in [0.1, 0.15) is 11.6 Å². The molecule has 2 rings (SSSR count). The molecule has 0 saturated heterocycles. The van der Waals surface area contributed by atoms with E-state index >= 15 is 0 Å². The van der Waals surface area contributed by atoms with Gasteiger partial charge >= 0.3 is 0 Å². The molecule has 1 aromatic heterocycles. The van der Waals surface area contributed by atoms with Crippen molar-refractivity contribution >= 4 is 11.6 Å². The van der Waals surface area contributed by atoms with Crippen LogP contribution in [0, 0.1) is 11.6 Å². The Morgan fingerprint density at radius 1 is 1.33 bits per heavy atom. The molecule has 0 radical (unpaired) electrons. The van der Waals surface area contributed by atoms with E-state index in [1.54, 1.807) is 10.9 Å². The topological polar surface area (TPSA) is 72.9 Å². The zero-order valence-corrected chi connectivity index (χ0v) is 11.6. The van der Waals surface area contributed by atoms with E-state index in [0.29, 0.717) is 24.2 Å². The minimum atomic E-state index is -0.637. The number of aromatic nitrogens is 2. The third-order valence-electron chi connectivity index (χ3n) is 2.95. The number of nitrogens with two attached hydrogens (primary N) is 1. The monoisotopic (exact) mass is 294 g/mol. The van der Waals surface area contributed by atoms with Gasteiger partial charge in [-0.25, -0.2) is 8.78 Å². The summed E-state index contributed by atoms with van der Waals surface area (Å²) < 4.78 is 27.6. The van der Waals surface area contributed by atoms with Gasteiger partial charge in [0.05, 0.1) is 5.69 Å². The second-order valence-corrected chi connectivity index (χ2v) is 4.57. The number of hydrogen-bond acceptors (Lipinski definition) is 3. The van der Waals surface area contributed by atoms with E-state index in [1.807, 2.05) is 6.92 Å². The number of hydrogen-bond donors (Lipinski definition) is 2. The van der Waals surface area contributed by atoms with Crippen LogP contribution >= 0.6 is 0 Å². The predicted molar refractivity (Wildman–Crippen MR) is 74.7 cm³/mol. The molecule has 0 unspecified atom stereocenters. The van der Waals surface area contributed by atoms with Crippen molar-refractivity contribution in [1.29, 1.82) is 0 Å². The van der Waals surface area contributed by atoms with Gasteiger partial charge in [-0.15, -0.1) is 0 Å². The number of nitrogens with one attached hydrogen (secondary N) is 1. The fraction of sp³-hybridized carbons (Fsp3) is 0.286. The Bertz CT molecular complexity index is 634. The molecule has 5 nitrogen and oxygen atoms in total. The van der Waals surface area contributed by atoms with Gasteiger partial charge in [-0.1, -0.05) is 0 Å². The number of carbonyl (C=O) groups is 1. The Balaban J connectivity index is 1.93. The number of anilines is 1. The van der Waals surface area contributed by atoms with Crippen molar-refractivity contribution in [3.8, 4) is 0 Å². The van der Waals surface area contributed by atoms with Gasteiger partial charge < -0.3 is 11.1 Å². The third kappa shape index (κ3) is 3.77. The lowest BCUT2D eigenvalue weighted by Gasteiger charge is -2.05. The van der Waals surface area contributed by atoms with Crippen molar-refractivity contribution in [2.24, 2.45) is 0 Å². The first-order valence-electron chi connectivity index (χ1n) is 6.55. The van der Waals surface area contributed by atoms with Crippen LogP contribution in [0.4, 0.5) is 14.5 Å². The Labute approximate surface area is 120 Å². The Morgan fingerprint density at radius 2 is 2.00 bits per heavy atom. The maximum atomic E-state index is 13.0. The van der Waals surface area contributed by atoms with Crippen LogP contribution in [0.15, 0.2) is 24.4 Å². The van der Waals surface area contributed by atoms with E-state index in [2.05, 4.69) is 10.4 Å². The van der Waals surface area contributed by atoms with Gasteiger partial charge in [-0.05, 0) is 31.0 Å². The van der Waals surface area contributed by atoms with Gasteiger partial charge in [0.2, 0.25) is 0 Å². The minimum Gasteiger partial charge on any atom is -0.396 e. The number of nitrogens with zero attached hydrogens (tertiary/aromatic N) is 2. The maximum absolute atomic E-state index is 13.0. The predicted octanol–water partition coefficient (Wildman–Crippen LogP) is 1.74. The normalized spacial score (nSPS) is 10.6. The summed E-state index contributed by atoms with van der Waals surface area (Å²) in [6.45, 7) is 2.73. The largest absolute Gasteiger partial charge is 0.396 e. The fourth-order valence-electron chi connectivity index (χ4n) is 1.93.